The van der Waals surface area contributed by atoms with E-state index in [0.29, 0.717) is 45.2 Å². The maximum atomic E-state index is 14.1. The van der Waals surface area contributed by atoms with E-state index < -0.39 is 47.8 Å². The van der Waals surface area contributed by atoms with Crippen LogP contribution < -0.4 is 38.5 Å². The predicted octanol–water partition coefficient (Wildman–Crippen LogP) is 1.14. The molecule has 4 rings (SSSR count). The van der Waals surface area contributed by atoms with Gasteiger partial charge in [-0.2, -0.15) is 0 Å². The maximum absolute atomic E-state index is 14.1. The number of aromatic nitrogens is 2. The fourth-order valence-electron chi connectivity index (χ4n) is 6.06. The van der Waals surface area contributed by atoms with Gasteiger partial charge < -0.3 is 48.4 Å². The van der Waals surface area contributed by atoms with Gasteiger partial charge in [-0.05, 0) is 74.9 Å². The van der Waals surface area contributed by atoms with Crippen LogP contribution in [-0.4, -0.2) is 76.8 Å². The molecule has 0 fully saturated rings. The van der Waals surface area contributed by atoms with Gasteiger partial charge in [0.1, 0.15) is 24.2 Å². The minimum atomic E-state index is -1.12. The molecule has 0 bridgehead atoms. The summed E-state index contributed by atoms with van der Waals surface area (Å²) >= 11 is 0. The van der Waals surface area contributed by atoms with E-state index in [9.17, 15) is 24.0 Å². The zero-order valence-electron chi connectivity index (χ0n) is 28.4. The number of hydrogen-bond donors (Lipinski definition) is 9. The number of primary amides is 1. The monoisotopic (exact) mass is 687 g/mol. The van der Waals surface area contributed by atoms with E-state index in [1.807, 2.05) is 48.5 Å². The van der Waals surface area contributed by atoms with Crippen LogP contribution in [0, 0.1) is 0 Å². The number of unbranched alkanes of at least 4 members (excludes halogenated alkanes) is 2. The van der Waals surface area contributed by atoms with Gasteiger partial charge in [0.25, 0.3) is 0 Å². The molecule has 2 heterocycles. The van der Waals surface area contributed by atoms with Gasteiger partial charge in [0, 0.05) is 54.0 Å². The van der Waals surface area contributed by atoms with Crippen molar-refractivity contribution in [2.45, 2.75) is 82.5 Å². The highest BCUT2D eigenvalue weighted by Gasteiger charge is 2.31. The van der Waals surface area contributed by atoms with E-state index in [4.69, 9.17) is 17.2 Å². The molecule has 0 aliphatic heterocycles. The summed E-state index contributed by atoms with van der Waals surface area (Å²) in [5.74, 6) is -2.84. The van der Waals surface area contributed by atoms with Crippen molar-refractivity contribution in [1.29, 1.82) is 0 Å². The van der Waals surface area contributed by atoms with Gasteiger partial charge in [0.15, 0.2) is 0 Å². The number of carbonyl (C=O) groups is 5. The molecule has 268 valence electrons. The van der Waals surface area contributed by atoms with Crippen molar-refractivity contribution >= 4 is 51.3 Å². The van der Waals surface area contributed by atoms with Crippen molar-refractivity contribution in [3.05, 3.63) is 72.1 Å². The van der Waals surface area contributed by atoms with E-state index in [2.05, 4.69) is 31.2 Å². The summed E-state index contributed by atoms with van der Waals surface area (Å²) in [6.45, 7) is 2.15. The lowest BCUT2D eigenvalue weighted by Crippen LogP contribution is -2.58. The average Bonchev–Trinajstić information content (AvgIpc) is 3.70. The second-order valence-corrected chi connectivity index (χ2v) is 12.5. The Hall–Kier alpha value is -5.21. The van der Waals surface area contributed by atoms with Crippen LogP contribution in [0.4, 0.5) is 0 Å². The number of rotatable bonds is 20. The van der Waals surface area contributed by atoms with Crippen LogP contribution in [0.5, 0.6) is 0 Å². The number of amides is 5. The highest BCUT2D eigenvalue weighted by atomic mass is 16.2. The average molecular weight is 688 g/mol. The lowest BCUT2D eigenvalue weighted by atomic mass is 10.0. The van der Waals surface area contributed by atoms with E-state index >= 15 is 0 Å². The molecule has 0 saturated carbocycles. The molecule has 2 aromatic carbocycles. The number of hydrogen-bond acceptors (Lipinski definition) is 7. The van der Waals surface area contributed by atoms with Crippen LogP contribution >= 0.6 is 0 Å². The van der Waals surface area contributed by atoms with Crippen molar-refractivity contribution in [2.24, 2.45) is 17.2 Å². The summed E-state index contributed by atoms with van der Waals surface area (Å²) < 4.78 is 0. The molecule has 0 aliphatic carbocycles. The molecule has 0 saturated heterocycles. The molecule has 50 heavy (non-hydrogen) atoms. The summed E-state index contributed by atoms with van der Waals surface area (Å²) in [7, 11) is 0. The zero-order valence-corrected chi connectivity index (χ0v) is 28.4. The molecule has 0 aliphatic rings. The second kappa shape index (κ2) is 18.5. The first kappa shape index (κ1) is 37.6. The molecule has 0 spiro atoms. The van der Waals surface area contributed by atoms with Crippen LogP contribution in [0.3, 0.4) is 0 Å². The largest absolute Gasteiger partial charge is 0.368 e. The number of fused-ring (bicyclic) bond motifs is 2. The van der Waals surface area contributed by atoms with E-state index in [0.717, 1.165) is 32.9 Å². The Balaban J connectivity index is 1.57. The molecule has 2 aromatic heterocycles. The Morgan fingerprint density at radius 2 is 1.02 bits per heavy atom. The summed E-state index contributed by atoms with van der Waals surface area (Å²) in [6.07, 6.45) is 6.72. The van der Waals surface area contributed by atoms with Gasteiger partial charge >= 0.3 is 0 Å². The minimum absolute atomic E-state index is 0.0960. The Morgan fingerprint density at radius 1 is 0.600 bits per heavy atom. The number of para-hydroxylation sites is 2. The third-order valence-corrected chi connectivity index (χ3v) is 8.71. The van der Waals surface area contributed by atoms with Gasteiger partial charge in [-0.15, -0.1) is 0 Å². The highest BCUT2D eigenvalue weighted by Crippen LogP contribution is 2.21. The lowest BCUT2D eigenvalue weighted by Gasteiger charge is -2.26. The molecule has 4 atom stereocenters. The van der Waals surface area contributed by atoms with Gasteiger partial charge in [0.2, 0.25) is 29.5 Å². The SMILES string of the molecule is CC(=O)N[C@@H](CCCCN)C(=O)N[C@@H](Cc1c[nH]c2ccccc12)C(=O)N[C@@H](CCCCN)C(=O)N[C@@H](Cc1c[nH]c2ccccc12)C(N)=O. The minimum Gasteiger partial charge on any atom is -0.368 e. The van der Waals surface area contributed by atoms with Gasteiger partial charge in [-0.1, -0.05) is 36.4 Å². The second-order valence-electron chi connectivity index (χ2n) is 12.5. The molecule has 12 N–H and O–H groups in total. The van der Waals surface area contributed by atoms with Gasteiger partial charge in [0.05, 0.1) is 0 Å². The summed E-state index contributed by atoms with van der Waals surface area (Å²) in [5, 5.41) is 12.9. The maximum Gasteiger partial charge on any atom is 0.243 e. The van der Waals surface area contributed by atoms with Crippen LogP contribution in [0.15, 0.2) is 60.9 Å². The third kappa shape index (κ3) is 10.4. The molecule has 5 amide bonds. The highest BCUT2D eigenvalue weighted by molar-refractivity contribution is 5.96. The number of benzene rings is 2. The number of H-pyrrole nitrogens is 2. The Labute approximate surface area is 291 Å². The summed E-state index contributed by atoms with van der Waals surface area (Å²) in [4.78, 5) is 72.3. The molecule has 0 unspecified atom stereocenters. The van der Waals surface area contributed by atoms with Crippen LogP contribution in [0.2, 0.25) is 0 Å². The molecular weight excluding hydrogens is 638 g/mol. The van der Waals surface area contributed by atoms with Crippen LogP contribution in [-0.2, 0) is 36.8 Å². The Morgan fingerprint density at radius 3 is 1.50 bits per heavy atom. The number of nitrogens with one attached hydrogen (secondary N) is 6. The van der Waals surface area contributed by atoms with Gasteiger partial charge in [-0.3, -0.25) is 24.0 Å². The number of nitrogens with two attached hydrogens (primary N) is 3. The van der Waals surface area contributed by atoms with E-state index in [1.165, 1.54) is 6.92 Å². The third-order valence-electron chi connectivity index (χ3n) is 8.71. The van der Waals surface area contributed by atoms with Crippen LogP contribution in [0.25, 0.3) is 21.8 Å². The Bertz CT molecular complexity index is 1770. The normalized spacial score (nSPS) is 13.7. The smallest absolute Gasteiger partial charge is 0.243 e. The van der Waals surface area contributed by atoms with Crippen molar-refractivity contribution < 1.29 is 24.0 Å². The van der Waals surface area contributed by atoms with Crippen LogP contribution in [0.1, 0.15) is 56.6 Å². The molecule has 14 nitrogen and oxygen atoms in total. The van der Waals surface area contributed by atoms with E-state index in [-0.39, 0.29) is 25.2 Å². The molecule has 4 aromatic rings. The van der Waals surface area contributed by atoms with Crippen molar-refractivity contribution in [3.63, 3.8) is 0 Å². The van der Waals surface area contributed by atoms with Crippen molar-refractivity contribution in [1.82, 2.24) is 31.2 Å². The Kier molecular flexibility index (Phi) is 13.9. The van der Waals surface area contributed by atoms with Gasteiger partial charge in [-0.25, -0.2) is 0 Å². The standard InChI is InChI=1S/C36H49N9O5/c1-22(46)42-29(14-6-8-16-37)34(48)45-32(19-24-21-41-28-13-5-3-11-26(24)28)36(50)43-30(15-7-9-17-38)35(49)44-31(33(39)47)18-23-20-40-27-12-4-2-10-25(23)27/h2-5,10-13,20-21,29-32,40-41H,6-9,14-19,37-38H2,1H3,(H2,39,47)(H,42,46)(H,43,50)(H,44,49)(H,45,48)/t29-,30-,31-,32-/m0/s1. The van der Waals surface area contributed by atoms with Crippen molar-refractivity contribution in [2.75, 3.05) is 13.1 Å². The summed E-state index contributed by atoms with van der Waals surface area (Å²) in [5.41, 5.74) is 20.4. The zero-order chi connectivity index (χ0) is 36.0. The van der Waals surface area contributed by atoms with Crippen molar-refractivity contribution in [3.8, 4) is 0 Å². The topological polar surface area (TPSA) is 243 Å². The molecule has 0 radical (unpaired) electrons. The molecular formula is C36H49N9O5. The first-order chi connectivity index (χ1) is 24.1. The first-order valence-corrected chi connectivity index (χ1v) is 17.1. The van der Waals surface area contributed by atoms with E-state index in [1.54, 1.807) is 12.4 Å². The first-order valence-electron chi connectivity index (χ1n) is 17.1. The lowest BCUT2D eigenvalue weighted by molar-refractivity contribution is -0.134. The number of carbonyl (C=O) groups excluding carboxylic acids is 5. The fraction of sp³-hybridized carbons (Fsp3) is 0.417. The molecule has 14 heteroatoms. The number of aromatic amines is 2. The fourth-order valence-corrected chi connectivity index (χ4v) is 6.06. The predicted molar refractivity (Wildman–Crippen MR) is 192 cm³/mol. The summed E-state index contributed by atoms with van der Waals surface area (Å²) in [6, 6.07) is 11.0. The quantitative estimate of drug-likeness (QED) is 0.0613.